The molecule has 11 aromatic carbocycles. The molecular weight excluding hydrogens is 1080 g/mol. The van der Waals surface area contributed by atoms with Crippen molar-refractivity contribution < 1.29 is 0 Å². The standard InChI is InChI=1S/C90H98/c1-83(2,3)55-37-51(38-56(45-55)84(4,5)6)75-63-29-25-26-30-64(63)76(52-39-57(85(7,8)9)46-58(40-52)86(10,11)12)74-50-72-68-34-36-70-80-69(35-33-67(79(68)80)71(72)49-73(74)75)81-77(53-41-59(87(13,14)15)47-60(42-53)88(16,17)18)65-31-27-28-32-66(65)78(82(70)81)54-43-61(89(19,20)21)48-62(44-54)90(22,23)24/h25-50H,1-24H3. The fourth-order valence-corrected chi connectivity index (χ4v) is 14.8. The van der Waals surface area contributed by atoms with E-state index in [0.717, 1.165) is 0 Å². The van der Waals surface area contributed by atoms with Crippen molar-refractivity contribution in [3.05, 3.63) is 244 Å². The molecule has 0 nitrogen and oxygen atoms in total. The first-order valence-electron chi connectivity index (χ1n) is 33.6. The Morgan fingerprint density at radius 1 is 0.178 bits per heavy atom. The molecule has 0 fully saturated rings. The maximum atomic E-state index is 2.64. The summed E-state index contributed by atoms with van der Waals surface area (Å²) in [6, 6.07) is 64.3. The quantitative estimate of drug-likeness (QED) is 0.154. The summed E-state index contributed by atoms with van der Waals surface area (Å²) in [6.45, 7) is 57.0. The zero-order chi connectivity index (χ0) is 64.9. The Kier molecular flexibility index (Phi) is 13.6. The van der Waals surface area contributed by atoms with Crippen molar-refractivity contribution in [3.8, 4) is 44.5 Å². The van der Waals surface area contributed by atoms with E-state index < -0.39 is 0 Å². The Bertz CT molecular complexity index is 4870. The first kappa shape index (κ1) is 61.3. The van der Waals surface area contributed by atoms with E-state index in [1.165, 1.54) is 174 Å². The van der Waals surface area contributed by atoms with Crippen LogP contribution in [0.4, 0.5) is 0 Å². The maximum absolute atomic E-state index is 2.64. The van der Waals surface area contributed by atoms with E-state index in [1.807, 2.05) is 0 Å². The summed E-state index contributed by atoms with van der Waals surface area (Å²) < 4.78 is 0. The molecule has 0 heterocycles. The van der Waals surface area contributed by atoms with Crippen LogP contribution in [0.3, 0.4) is 0 Å². The predicted molar refractivity (Wildman–Crippen MR) is 391 cm³/mol. The van der Waals surface area contributed by atoms with Gasteiger partial charge < -0.3 is 0 Å². The number of benzene rings is 11. The Morgan fingerprint density at radius 3 is 0.611 bits per heavy atom. The predicted octanol–water partition coefficient (Wildman–Crippen LogP) is 25.1. The summed E-state index contributed by atoms with van der Waals surface area (Å²) in [5, 5.41) is 21.1. The van der Waals surface area contributed by atoms with Crippen LogP contribution in [0.5, 0.6) is 0 Å². The molecule has 11 aromatic rings. The normalized spacial score (nSPS) is 13.8. The minimum atomic E-state index is -0.0628. The van der Waals surface area contributed by atoms with E-state index in [2.05, 4.69) is 324 Å². The van der Waals surface area contributed by atoms with E-state index in [-0.39, 0.29) is 43.3 Å². The average molecular weight is 1180 g/mol. The molecule has 0 heteroatoms. The van der Waals surface area contributed by atoms with Crippen molar-refractivity contribution >= 4 is 43.1 Å². The van der Waals surface area contributed by atoms with Crippen molar-refractivity contribution in [2.45, 2.75) is 209 Å². The zero-order valence-corrected chi connectivity index (χ0v) is 59.0. The smallest absolute Gasteiger partial charge is 0.000740 e. The molecule has 13 rings (SSSR count). The Balaban J connectivity index is 1.29. The molecule has 0 atom stereocenters. The van der Waals surface area contributed by atoms with Gasteiger partial charge in [0.2, 0.25) is 0 Å². The molecule has 458 valence electrons. The molecule has 0 spiro atoms. The monoisotopic (exact) mass is 1180 g/mol. The third kappa shape index (κ3) is 10.1. The van der Waals surface area contributed by atoms with Gasteiger partial charge in [-0.1, -0.05) is 312 Å². The molecule has 0 radical (unpaired) electrons. The van der Waals surface area contributed by atoms with Gasteiger partial charge in [-0.3, -0.25) is 0 Å². The number of rotatable bonds is 4. The summed E-state index contributed by atoms with van der Waals surface area (Å²) in [5.74, 6) is 0. The largest absolute Gasteiger partial charge is 0.0616 e. The lowest BCUT2D eigenvalue weighted by atomic mass is 9.76. The van der Waals surface area contributed by atoms with Gasteiger partial charge in [-0.05, 0) is 229 Å². The summed E-state index contributed by atoms with van der Waals surface area (Å²) in [5.41, 5.74) is 20.9. The van der Waals surface area contributed by atoms with E-state index in [0.29, 0.717) is 0 Å². The topological polar surface area (TPSA) is 0 Å². The van der Waals surface area contributed by atoms with Crippen LogP contribution in [0.2, 0.25) is 0 Å². The maximum Gasteiger partial charge on any atom is -0.000740 e. The van der Waals surface area contributed by atoms with Crippen LogP contribution in [0.25, 0.3) is 87.6 Å². The average Bonchev–Trinajstić information content (AvgIpc) is 1.49. The Morgan fingerprint density at radius 2 is 0.378 bits per heavy atom. The molecule has 0 amide bonds. The molecular formula is C90H98. The van der Waals surface area contributed by atoms with Gasteiger partial charge in [0.1, 0.15) is 0 Å². The molecule has 0 aliphatic heterocycles. The third-order valence-electron chi connectivity index (χ3n) is 20.5. The first-order valence-corrected chi connectivity index (χ1v) is 33.6. The van der Waals surface area contributed by atoms with Crippen LogP contribution in [0.1, 0.15) is 211 Å². The van der Waals surface area contributed by atoms with E-state index in [1.54, 1.807) is 0 Å². The van der Waals surface area contributed by atoms with Gasteiger partial charge in [-0.25, -0.2) is 0 Å². The molecule has 0 unspecified atom stereocenters. The lowest BCUT2D eigenvalue weighted by Gasteiger charge is -2.28. The highest BCUT2D eigenvalue weighted by molar-refractivity contribution is 6.22. The lowest BCUT2D eigenvalue weighted by molar-refractivity contribution is 0.568. The molecule has 0 saturated heterocycles. The minimum Gasteiger partial charge on any atom is -0.0616 e. The van der Waals surface area contributed by atoms with Crippen LogP contribution in [-0.2, 0) is 43.3 Å². The zero-order valence-electron chi connectivity index (χ0n) is 59.0. The Hall–Kier alpha value is -7.54. The van der Waals surface area contributed by atoms with Crippen molar-refractivity contribution in [3.63, 3.8) is 0 Å². The van der Waals surface area contributed by atoms with Crippen molar-refractivity contribution in [2.75, 3.05) is 0 Å². The van der Waals surface area contributed by atoms with E-state index in [9.17, 15) is 0 Å². The Labute approximate surface area is 537 Å². The minimum absolute atomic E-state index is 0.0593. The van der Waals surface area contributed by atoms with Crippen LogP contribution >= 0.6 is 0 Å². The molecule has 0 N–H and O–H groups in total. The van der Waals surface area contributed by atoms with Gasteiger partial charge in [-0.2, -0.15) is 0 Å². The van der Waals surface area contributed by atoms with Crippen molar-refractivity contribution in [2.24, 2.45) is 0 Å². The van der Waals surface area contributed by atoms with Gasteiger partial charge in [0.15, 0.2) is 0 Å². The first-order chi connectivity index (χ1) is 41.7. The van der Waals surface area contributed by atoms with E-state index >= 15 is 0 Å². The molecule has 2 aliphatic carbocycles. The van der Waals surface area contributed by atoms with Crippen LogP contribution in [0.15, 0.2) is 158 Å². The fraction of sp³-hybridized carbons (Fsp3) is 0.356. The van der Waals surface area contributed by atoms with Crippen molar-refractivity contribution in [1.29, 1.82) is 0 Å². The van der Waals surface area contributed by atoms with Gasteiger partial charge in [0.25, 0.3) is 0 Å². The summed E-state index contributed by atoms with van der Waals surface area (Å²) in [4.78, 5) is 0. The second-order valence-electron chi connectivity index (χ2n) is 35.6. The van der Waals surface area contributed by atoms with Gasteiger partial charge in [0.05, 0.1) is 0 Å². The molecule has 2 aliphatic rings. The number of hydrogen-bond donors (Lipinski definition) is 0. The lowest BCUT2D eigenvalue weighted by Crippen LogP contribution is -2.17. The van der Waals surface area contributed by atoms with Crippen LogP contribution < -0.4 is 0 Å². The van der Waals surface area contributed by atoms with Gasteiger partial charge >= 0.3 is 0 Å². The molecule has 0 aromatic heterocycles. The number of hydrogen-bond acceptors (Lipinski definition) is 0. The second kappa shape index (κ2) is 20.0. The molecule has 90 heavy (non-hydrogen) atoms. The highest BCUT2D eigenvalue weighted by Gasteiger charge is 2.31. The van der Waals surface area contributed by atoms with Crippen LogP contribution in [0, 0.1) is 41.7 Å². The SMILES string of the molecule is CC(C)(C)c1cc(-c2c3c(c(-c4cc(C(C)(C)C)cc(C(C)(C)C)c4)c4ccccc24)=c2ccc4c5c(ccc=3c25)=c2cc3c(-c5cc(C(C)(C)C)cc(C(C)(C)C)c5)c5ccccc5c(-c5cc(C(C)(C)C)cc(C(C)(C)C)c5)c3cc2=4)cc(C(C)(C)C)c1. The highest BCUT2D eigenvalue weighted by atomic mass is 14.3. The second-order valence-corrected chi connectivity index (χ2v) is 35.6. The molecule has 0 bridgehead atoms. The molecule has 0 saturated carbocycles. The van der Waals surface area contributed by atoms with Gasteiger partial charge in [-0.15, -0.1) is 0 Å². The van der Waals surface area contributed by atoms with E-state index in [4.69, 9.17) is 0 Å². The van der Waals surface area contributed by atoms with Crippen LogP contribution in [-0.4, -0.2) is 0 Å². The van der Waals surface area contributed by atoms with Gasteiger partial charge in [0, 0.05) is 0 Å². The number of fused-ring (bicyclic) bond motifs is 5. The summed E-state index contributed by atoms with van der Waals surface area (Å²) in [7, 11) is 0. The van der Waals surface area contributed by atoms with Crippen molar-refractivity contribution in [1.82, 2.24) is 0 Å². The highest BCUT2D eigenvalue weighted by Crippen LogP contribution is 2.50. The fourth-order valence-electron chi connectivity index (χ4n) is 14.8. The summed E-state index contributed by atoms with van der Waals surface area (Å²) >= 11 is 0. The summed E-state index contributed by atoms with van der Waals surface area (Å²) in [6.07, 6.45) is 0. The third-order valence-corrected chi connectivity index (χ3v) is 20.5.